The summed E-state index contributed by atoms with van der Waals surface area (Å²) in [5.74, 6) is -0.639. The van der Waals surface area contributed by atoms with E-state index in [1.807, 2.05) is 0 Å². The second kappa shape index (κ2) is 5.05. The summed E-state index contributed by atoms with van der Waals surface area (Å²) in [5.41, 5.74) is 0.408. The molecule has 0 radical (unpaired) electrons. The molecular formula is C11H10FNO3S2. The number of nitrogens with one attached hydrogen (secondary N) is 1. The number of para-hydroxylation sites is 1. The Morgan fingerprint density at radius 1 is 1.33 bits per heavy atom. The van der Waals surface area contributed by atoms with E-state index in [1.165, 1.54) is 35.7 Å². The molecule has 0 amide bonds. The second-order valence-corrected chi connectivity index (χ2v) is 6.34. The Hall–Kier alpha value is -1.44. The molecule has 1 aromatic heterocycles. The Morgan fingerprint density at radius 3 is 2.67 bits per heavy atom. The summed E-state index contributed by atoms with van der Waals surface area (Å²) < 4.78 is 39.4. The van der Waals surface area contributed by atoms with Gasteiger partial charge in [0.25, 0.3) is 10.0 Å². The van der Waals surface area contributed by atoms with Gasteiger partial charge >= 0.3 is 0 Å². The molecule has 0 aliphatic rings. The van der Waals surface area contributed by atoms with Crippen molar-refractivity contribution in [3.05, 3.63) is 47.1 Å². The summed E-state index contributed by atoms with van der Waals surface area (Å²) in [5, 5.41) is 10.4. The predicted octanol–water partition coefficient (Wildman–Crippen LogP) is 2.18. The normalized spacial score (nSPS) is 11.4. The number of thiophene rings is 1. The number of aliphatic hydroxyl groups is 1. The van der Waals surface area contributed by atoms with Crippen molar-refractivity contribution in [2.75, 3.05) is 4.72 Å². The summed E-state index contributed by atoms with van der Waals surface area (Å²) >= 11 is 0.973. The fourth-order valence-electron chi connectivity index (χ4n) is 1.32. The highest BCUT2D eigenvalue weighted by molar-refractivity contribution is 7.94. The third-order valence-electron chi connectivity index (χ3n) is 2.20. The second-order valence-electron chi connectivity index (χ2n) is 3.52. The fraction of sp³-hybridized carbons (Fsp3) is 0.0909. The smallest absolute Gasteiger partial charge is 0.271 e. The monoisotopic (exact) mass is 287 g/mol. The lowest BCUT2D eigenvalue weighted by molar-refractivity contribution is 0.282. The summed E-state index contributed by atoms with van der Waals surface area (Å²) in [6.07, 6.45) is 0. The van der Waals surface area contributed by atoms with Crippen LogP contribution >= 0.6 is 11.3 Å². The number of rotatable bonds is 4. The van der Waals surface area contributed by atoms with Crippen molar-refractivity contribution in [1.82, 2.24) is 0 Å². The average Bonchev–Trinajstić information content (AvgIpc) is 2.81. The number of hydrogen-bond acceptors (Lipinski definition) is 4. The van der Waals surface area contributed by atoms with Gasteiger partial charge in [-0.2, -0.15) is 0 Å². The third kappa shape index (κ3) is 2.69. The van der Waals surface area contributed by atoms with E-state index in [0.717, 1.165) is 11.3 Å². The Kier molecular flexibility index (Phi) is 3.65. The lowest BCUT2D eigenvalue weighted by Gasteiger charge is -2.06. The van der Waals surface area contributed by atoms with Crippen molar-refractivity contribution in [2.45, 2.75) is 10.8 Å². The number of halogens is 1. The Balaban J connectivity index is 2.30. The van der Waals surface area contributed by atoms with Crippen LogP contribution in [0.5, 0.6) is 0 Å². The van der Waals surface area contributed by atoms with Crippen LogP contribution in [0.1, 0.15) is 5.56 Å². The molecule has 2 aromatic rings. The SMILES string of the molecule is O=S(=O)(Nc1ccccc1F)c1cc(CO)cs1. The molecule has 2 N–H and O–H groups in total. The van der Waals surface area contributed by atoms with E-state index in [1.54, 1.807) is 0 Å². The van der Waals surface area contributed by atoms with Crippen LogP contribution in [0.4, 0.5) is 10.1 Å². The topological polar surface area (TPSA) is 66.4 Å². The summed E-state index contributed by atoms with van der Waals surface area (Å²) in [4.78, 5) is 0. The van der Waals surface area contributed by atoms with Crippen molar-refractivity contribution in [2.24, 2.45) is 0 Å². The molecule has 0 atom stereocenters. The van der Waals surface area contributed by atoms with Crippen molar-refractivity contribution in [3.8, 4) is 0 Å². The maximum Gasteiger partial charge on any atom is 0.271 e. The molecule has 0 aliphatic carbocycles. The molecule has 4 nitrogen and oxygen atoms in total. The maximum atomic E-state index is 13.3. The Labute approximate surface area is 108 Å². The Bertz CT molecular complexity index is 652. The van der Waals surface area contributed by atoms with E-state index < -0.39 is 15.8 Å². The molecule has 0 bridgehead atoms. The predicted molar refractivity (Wildman–Crippen MR) is 67.5 cm³/mol. The van der Waals surface area contributed by atoms with Crippen molar-refractivity contribution in [1.29, 1.82) is 0 Å². The summed E-state index contributed by atoms with van der Waals surface area (Å²) in [7, 11) is -3.81. The number of hydrogen-bond donors (Lipinski definition) is 2. The molecule has 0 saturated heterocycles. The summed E-state index contributed by atoms with van der Waals surface area (Å²) in [6, 6.07) is 6.88. The minimum atomic E-state index is -3.81. The van der Waals surface area contributed by atoms with Crippen LogP contribution in [-0.4, -0.2) is 13.5 Å². The van der Waals surface area contributed by atoms with E-state index in [0.29, 0.717) is 5.56 Å². The van der Waals surface area contributed by atoms with Crippen molar-refractivity contribution in [3.63, 3.8) is 0 Å². The van der Waals surface area contributed by atoms with Crippen LogP contribution in [0.3, 0.4) is 0 Å². The van der Waals surface area contributed by atoms with Crippen molar-refractivity contribution < 1.29 is 17.9 Å². The van der Waals surface area contributed by atoms with Gasteiger partial charge in [0.2, 0.25) is 0 Å². The van der Waals surface area contributed by atoms with Crippen LogP contribution in [0.2, 0.25) is 0 Å². The van der Waals surface area contributed by atoms with E-state index in [-0.39, 0.29) is 16.5 Å². The maximum absolute atomic E-state index is 13.3. The highest BCUT2D eigenvalue weighted by atomic mass is 32.2. The van der Waals surface area contributed by atoms with E-state index >= 15 is 0 Å². The average molecular weight is 287 g/mol. The molecule has 0 fully saturated rings. The zero-order chi connectivity index (χ0) is 13.2. The minimum absolute atomic E-state index is 0.0369. The quantitative estimate of drug-likeness (QED) is 0.905. The first kappa shape index (κ1) is 13.0. The number of benzene rings is 1. The number of anilines is 1. The molecule has 1 aromatic carbocycles. The molecule has 7 heteroatoms. The lowest BCUT2D eigenvalue weighted by Crippen LogP contribution is -2.12. The van der Waals surface area contributed by atoms with Gasteiger partial charge in [-0.1, -0.05) is 12.1 Å². The molecule has 0 unspecified atom stereocenters. The zero-order valence-electron chi connectivity index (χ0n) is 9.13. The molecule has 0 aliphatic heterocycles. The van der Waals surface area contributed by atoms with Gasteiger partial charge in [-0.3, -0.25) is 4.72 Å². The van der Waals surface area contributed by atoms with Gasteiger partial charge in [0.1, 0.15) is 10.0 Å². The van der Waals surface area contributed by atoms with Crippen LogP contribution in [-0.2, 0) is 16.6 Å². The van der Waals surface area contributed by atoms with Gasteiger partial charge in [0.15, 0.2) is 0 Å². The highest BCUT2D eigenvalue weighted by Crippen LogP contribution is 2.24. The van der Waals surface area contributed by atoms with Crippen LogP contribution in [0.25, 0.3) is 0 Å². The van der Waals surface area contributed by atoms with Gasteiger partial charge in [-0.25, -0.2) is 12.8 Å². The molecular weight excluding hydrogens is 277 g/mol. The first-order chi connectivity index (χ1) is 8.53. The fourth-order valence-corrected chi connectivity index (χ4v) is 3.58. The first-order valence-corrected chi connectivity index (χ1v) is 7.35. The Morgan fingerprint density at radius 2 is 2.06 bits per heavy atom. The number of aliphatic hydroxyl groups excluding tert-OH is 1. The lowest BCUT2D eigenvalue weighted by atomic mass is 10.3. The molecule has 0 saturated carbocycles. The van der Waals surface area contributed by atoms with Gasteiger partial charge in [-0.15, -0.1) is 11.3 Å². The van der Waals surface area contributed by atoms with E-state index in [2.05, 4.69) is 4.72 Å². The van der Waals surface area contributed by atoms with Crippen molar-refractivity contribution >= 4 is 27.0 Å². The zero-order valence-corrected chi connectivity index (χ0v) is 10.8. The molecule has 18 heavy (non-hydrogen) atoms. The first-order valence-electron chi connectivity index (χ1n) is 4.98. The third-order valence-corrected chi connectivity index (χ3v) is 5.05. The van der Waals surface area contributed by atoms with Gasteiger partial charge < -0.3 is 5.11 Å². The molecule has 0 spiro atoms. The number of sulfonamides is 1. The molecule has 1 heterocycles. The minimum Gasteiger partial charge on any atom is -0.392 e. The highest BCUT2D eigenvalue weighted by Gasteiger charge is 2.18. The molecule has 96 valence electrons. The van der Waals surface area contributed by atoms with Crippen LogP contribution in [0, 0.1) is 5.82 Å². The van der Waals surface area contributed by atoms with Crippen LogP contribution < -0.4 is 4.72 Å². The molecule has 2 rings (SSSR count). The van der Waals surface area contributed by atoms with Crippen LogP contribution in [0.15, 0.2) is 39.9 Å². The van der Waals surface area contributed by atoms with Gasteiger partial charge in [0.05, 0.1) is 12.3 Å². The van der Waals surface area contributed by atoms with E-state index in [4.69, 9.17) is 5.11 Å². The van der Waals surface area contributed by atoms with Gasteiger partial charge in [-0.05, 0) is 29.1 Å². The van der Waals surface area contributed by atoms with E-state index in [9.17, 15) is 12.8 Å². The largest absolute Gasteiger partial charge is 0.392 e. The summed E-state index contributed by atoms with van der Waals surface area (Å²) in [6.45, 7) is -0.230. The van der Waals surface area contributed by atoms with Gasteiger partial charge in [0, 0.05) is 0 Å². The standard InChI is InChI=1S/C11H10FNO3S2/c12-9-3-1-2-4-10(9)13-18(15,16)11-5-8(6-14)7-17-11/h1-5,7,13-14H,6H2.